The number of hydrogen-bond acceptors (Lipinski definition) is 7. The second kappa shape index (κ2) is 12.7. The van der Waals surface area contributed by atoms with Crippen LogP contribution in [-0.2, 0) is 11.2 Å². The zero-order chi connectivity index (χ0) is 29.1. The van der Waals surface area contributed by atoms with Crippen molar-refractivity contribution in [2.75, 3.05) is 19.8 Å². The molecule has 10 heteroatoms. The van der Waals surface area contributed by atoms with Gasteiger partial charge < -0.3 is 20.3 Å². The SMILES string of the molecule is C[C@H]1C[C@@H](c2ccncc2CC(=O)c2ccc(F)c(-c3c(F)cc(OCC4CCOCC4)cc3F)n2)C[C@@H](N)[C@@H]1O. The highest BCUT2D eigenvalue weighted by Gasteiger charge is 2.34. The lowest BCUT2D eigenvalue weighted by atomic mass is 9.74. The summed E-state index contributed by atoms with van der Waals surface area (Å²) in [6, 6.07) is 5.64. The van der Waals surface area contributed by atoms with Crippen molar-refractivity contribution in [1.29, 1.82) is 0 Å². The number of ketones is 1. The van der Waals surface area contributed by atoms with Crippen LogP contribution in [0.2, 0.25) is 0 Å². The molecule has 1 saturated carbocycles. The van der Waals surface area contributed by atoms with Gasteiger partial charge in [0.15, 0.2) is 5.78 Å². The second-order valence-corrected chi connectivity index (χ2v) is 11.1. The number of carbonyl (C=O) groups is 1. The highest BCUT2D eigenvalue weighted by atomic mass is 19.1. The van der Waals surface area contributed by atoms with Gasteiger partial charge >= 0.3 is 0 Å². The molecule has 2 aliphatic rings. The van der Waals surface area contributed by atoms with Crippen LogP contribution in [0.15, 0.2) is 42.7 Å². The summed E-state index contributed by atoms with van der Waals surface area (Å²) >= 11 is 0. The number of benzene rings is 1. The Morgan fingerprint density at radius 2 is 1.83 bits per heavy atom. The first-order valence-corrected chi connectivity index (χ1v) is 14.0. The van der Waals surface area contributed by atoms with Crippen molar-refractivity contribution >= 4 is 5.78 Å². The molecule has 3 aromatic rings. The Bertz CT molecular complexity index is 1360. The first-order valence-electron chi connectivity index (χ1n) is 14.0. The third-order valence-electron chi connectivity index (χ3n) is 8.18. The molecule has 3 N–H and O–H groups in total. The van der Waals surface area contributed by atoms with Gasteiger partial charge in [0.05, 0.1) is 18.3 Å². The smallest absolute Gasteiger partial charge is 0.185 e. The van der Waals surface area contributed by atoms with E-state index in [1.54, 1.807) is 12.4 Å². The Hall–Kier alpha value is -3.34. The topological polar surface area (TPSA) is 108 Å². The number of Topliss-reactive ketones (excluding diaryl/α,β-unsaturated/α-hetero) is 1. The molecule has 0 bridgehead atoms. The van der Waals surface area contributed by atoms with E-state index in [9.17, 15) is 14.3 Å². The normalized spacial score (nSPS) is 23.4. The van der Waals surface area contributed by atoms with Gasteiger partial charge in [0.2, 0.25) is 0 Å². The Kier molecular flexibility index (Phi) is 9.01. The number of carbonyl (C=O) groups excluding carboxylic acids is 1. The van der Waals surface area contributed by atoms with Gasteiger partial charge in [-0.3, -0.25) is 9.78 Å². The second-order valence-electron chi connectivity index (χ2n) is 11.1. The summed E-state index contributed by atoms with van der Waals surface area (Å²) in [5, 5.41) is 10.3. The maximum absolute atomic E-state index is 15.1. The van der Waals surface area contributed by atoms with E-state index in [-0.39, 0.29) is 41.7 Å². The van der Waals surface area contributed by atoms with Crippen molar-refractivity contribution in [3.63, 3.8) is 0 Å². The zero-order valence-corrected chi connectivity index (χ0v) is 22.9. The van der Waals surface area contributed by atoms with E-state index >= 15 is 8.78 Å². The van der Waals surface area contributed by atoms with Crippen molar-refractivity contribution < 1.29 is 32.5 Å². The Labute approximate surface area is 236 Å². The van der Waals surface area contributed by atoms with Crippen LogP contribution >= 0.6 is 0 Å². The molecule has 1 aromatic carbocycles. The van der Waals surface area contributed by atoms with Crippen molar-refractivity contribution in [1.82, 2.24) is 9.97 Å². The summed E-state index contributed by atoms with van der Waals surface area (Å²) in [4.78, 5) is 21.5. The molecule has 2 fully saturated rings. The molecule has 1 aliphatic carbocycles. The van der Waals surface area contributed by atoms with Crippen LogP contribution in [-0.4, -0.2) is 52.8 Å². The number of hydrogen-bond donors (Lipinski definition) is 2. The van der Waals surface area contributed by atoms with Crippen molar-refractivity contribution in [2.24, 2.45) is 17.6 Å². The summed E-state index contributed by atoms with van der Waals surface area (Å²) in [7, 11) is 0. The first kappa shape index (κ1) is 29.2. The monoisotopic (exact) mass is 569 g/mol. The largest absolute Gasteiger partial charge is 0.493 e. The van der Waals surface area contributed by atoms with Gasteiger partial charge in [0, 0.05) is 50.2 Å². The van der Waals surface area contributed by atoms with Crippen molar-refractivity contribution in [3.8, 4) is 17.0 Å². The quantitative estimate of drug-likeness (QED) is 0.368. The fourth-order valence-electron chi connectivity index (χ4n) is 5.84. The van der Waals surface area contributed by atoms with E-state index in [4.69, 9.17) is 15.2 Å². The van der Waals surface area contributed by atoms with Gasteiger partial charge in [-0.15, -0.1) is 0 Å². The Morgan fingerprint density at radius 3 is 2.54 bits per heavy atom. The van der Waals surface area contributed by atoms with Crippen LogP contribution in [0.25, 0.3) is 11.3 Å². The average molecular weight is 570 g/mol. The molecule has 4 atom stereocenters. The highest BCUT2D eigenvalue weighted by Crippen LogP contribution is 2.37. The zero-order valence-electron chi connectivity index (χ0n) is 22.9. The molecule has 41 heavy (non-hydrogen) atoms. The lowest BCUT2D eigenvalue weighted by molar-refractivity contribution is 0.0496. The van der Waals surface area contributed by atoms with Crippen LogP contribution in [0.4, 0.5) is 13.2 Å². The molecule has 0 unspecified atom stereocenters. The van der Waals surface area contributed by atoms with Gasteiger partial charge in [0.25, 0.3) is 0 Å². The number of aliphatic hydroxyl groups excluding tert-OH is 1. The van der Waals surface area contributed by atoms with Gasteiger partial charge in [-0.2, -0.15) is 0 Å². The van der Waals surface area contributed by atoms with Gasteiger partial charge in [-0.1, -0.05) is 6.92 Å². The summed E-state index contributed by atoms with van der Waals surface area (Å²) in [6.45, 7) is 3.47. The average Bonchev–Trinajstić information content (AvgIpc) is 2.96. The molecule has 0 radical (unpaired) electrons. The van der Waals surface area contributed by atoms with Crippen molar-refractivity contribution in [2.45, 2.75) is 57.1 Å². The maximum atomic E-state index is 15.1. The summed E-state index contributed by atoms with van der Waals surface area (Å²) < 4.78 is 55.9. The molecular formula is C31H34F3N3O4. The standard InChI is InChI=1S/C31H34F3N3O4/c1-17-10-19(11-26(35)31(17)39)22-4-7-36-15-20(22)12-28(38)27-3-2-23(32)30(37-27)29-24(33)13-21(14-25(29)34)41-16-18-5-8-40-9-6-18/h2-4,7,13-15,17-19,26,31,39H,5-6,8-12,16,35H2,1H3/t17-,19+,26+,31+/m0/s1. The van der Waals surface area contributed by atoms with E-state index in [1.807, 2.05) is 13.0 Å². The van der Waals surface area contributed by atoms with Gasteiger partial charge in [-0.05, 0) is 72.8 Å². The number of nitrogens with zero attached hydrogens (tertiary/aromatic N) is 2. The number of rotatable bonds is 8. The van der Waals surface area contributed by atoms with E-state index in [2.05, 4.69) is 9.97 Å². The number of pyridine rings is 2. The maximum Gasteiger partial charge on any atom is 0.185 e. The lowest BCUT2D eigenvalue weighted by Crippen LogP contribution is -2.44. The van der Waals surface area contributed by atoms with E-state index in [0.717, 1.165) is 36.6 Å². The molecule has 1 saturated heterocycles. The van der Waals surface area contributed by atoms with Crippen LogP contribution in [0, 0.1) is 29.3 Å². The van der Waals surface area contributed by atoms with Crippen LogP contribution in [0.1, 0.15) is 60.1 Å². The minimum absolute atomic E-state index is 0.00347. The van der Waals surface area contributed by atoms with Crippen LogP contribution in [0.5, 0.6) is 5.75 Å². The van der Waals surface area contributed by atoms with Crippen LogP contribution < -0.4 is 10.5 Å². The molecule has 3 heterocycles. The van der Waals surface area contributed by atoms with E-state index in [1.165, 1.54) is 6.07 Å². The number of aliphatic hydroxyl groups is 1. The fraction of sp³-hybridized carbons (Fsp3) is 0.452. The molecule has 5 rings (SSSR count). The molecule has 2 aromatic heterocycles. The number of halogens is 3. The number of ether oxygens (including phenoxy) is 2. The minimum atomic E-state index is -1.04. The molecule has 218 valence electrons. The lowest BCUT2D eigenvalue weighted by Gasteiger charge is -2.36. The third kappa shape index (κ3) is 6.60. The molecule has 7 nitrogen and oxygen atoms in total. The summed E-state index contributed by atoms with van der Waals surface area (Å²) in [5.41, 5.74) is 6.34. The van der Waals surface area contributed by atoms with Gasteiger partial charge in [0.1, 0.15) is 34.6 Å². The summed E-state index contributed by atoms with van der Waals surface area (Å²) in [6.07, 6.45) is 5.42. The van der Waals surface area contributed by atoms with Crippen molar-refractivity contribution in [3.05, 3.63) is 77.0 Å². The summed E-state index contributed by atoms with van der Waals surface area (Å²) in [5.74, 6) is -3.25. The molecular weight excluding hydrogens is 535 g/mol. The predicted molar refractivity (Wildman–Crippen MR) is 146 cm³/mol. The first-order chi connectivity index (χ1) is 19.7. The van der Waals surface area contributed by atoms with E-state index in [0.29, 0.717) is 38.2 Å². The predicted octanol–water partition coefficient (Wildman–Crippen LogP) is 4.99. The Balaban J connectivity index is 1.35. The third-order valence-corrected chi connectivity index (χ3v) is 8.18. The van der Waals surface area contributed by atoms with Crippen LogP contribution in [0.3, 0.4) is 0 Å². The minimum Gasteiger partial charge on any atom is -0.493 e. The Morgan fingerprint density at radius 1 is 1.10 bits per heavy atom. The number of nitrogens with two attached hydrogens (primary N) is 1. The molecule has 0 amide bonds. The molecule has 1 aliphatic heterocycles. The molecule has 0 spiro atoms. The van der Waals surface area contributed by atoms with Gasteiger partial charge in [-0.25, -0.2) is 18.2 Å². The highest BCUT2D eigenvalue weighted by molar-refractivity contribution is 5.96. The number of aromatic nitrogens is 2. The fourth-order valence-corrected chi connectivity index (χ4v) is 5.84. The van der Waals surface area contributed by atoms with E-state index < -0.39 is 40.6 Å².